The molecule has 6 heteroatoms. The van der Waals surface area contributed by atoms with Gasteiger partial charge in [-0.3, -0.25) is 4.99 Å². The SMILES string of the molecule is CCN=c1scc(-c2ccccc2F)n1N=C(CC)c1ccc(O)cc1. The molecule has 1 N–H and O–H groups in total. The van der Waals surface area contributed by atoms with Crippen molar-refractivity contribution < 1.29 is 9.50 Å². The Hall–Kier alpha value is -2.73. The van der Waals surface area contributed by atoms with E-state index < -0.39 is 0 Å². The quantitative estimate of drug-likeness (QED) is 0.654. The van der Waals surface area contributed by atoms with Gasteiger partial charge in [0.05, 0.1) is 11.4 Å². The maximum Gasteiger partial charge on any atom is 0.206 e. The van der Waals surface area contributed by atoms with Gasteiger partial charge in [0, 0.05) is 17.5 Å². The minimum atomic E-state index is -0.292. The molecule has 0 amide bonds. The average molecular weight is 369 g/mol. The smallest absolute Gasteiger partial charge is 0.206 e. The van der Waals surface area contributed by atoms with Gasteiger partial charge < -0.3 is 5.11 Å². The summed E-state index contributed by atoms with van der Waals surface area (Å²) in [7, 11) is 0. The lowest BCUT2D eigenvalue weighted by atomic mass is 10.1. The van der Waals surface area contributed by atoms with E-state index >= 15 is 0 Å². The van der Waals surface area contributed by atoms with Crippen LogP contribution in [0.5, 0.6) is 5.75 Å². The van der Waals surface area contributed by atoms with E-state index in [4.69, 9.17) is 5.10 Å². The van der Waals surface area contributed by atoms with Crippen molar-refractivity contribution in [3.63, 3.8) is 0 Å². The normalized spacial score (nSPS) is 12.6. The zero-order valence-corrected chi connectivity index (χ0v) is 15.5. The molecule has 0 aliphatic heterocycles. The third-order valence-corrected chi connectivity index (χ3v) is 4.74. The van der Waals surface area contributed by atoms with Gasteiger partial charge in [0.1, 0.15) is 11.6 Å². The van der Waals surface area contributed by atoms with Crippen molar-refractivity contribution in [2.75, 3.05) is 6.54 Å². The van der Waals surface area contributed by atoms with Crippen LogP contribution in [0.3, 0.4) is 0 Å². The Bertz CT molecular complexity index is 987. The number of aromatic hydroxyl groups is 1. The van der Waals surface area contributed by atoms with Gasteiger partial charge in [-0.25, -0.2) is 9.07 Å². The monoisotopic (exact) mass is 369 g/mol. The maximum absolute atomic E-state index is 14.3. The average Bonchev–Trinajstić information content (AvgIpc) is 3.03. The van der Waals surface area contributed by atoms with E-state index in [1.54, 1.807) is 28.9 Å². The molecular weight excluding hydrogens is 349 g/mol. The molecule has 0 radical (unpaired) electrons. The predicted octanol–water partition coefficient (Wildman–Crippen LogP) is 4.64. The summed E-state index contributed by atoms with van der Waals surface area (Å²) in [4.78, 5) is 5.21. The third-order valence-electron chi connectivity index (χ3n) is 3.88. The lowest BCUT2D eigenvalue weighted by Gasteiger charge is -2.09. The van der Waals surface area contributed by atoms with Crippen molar-refractivity contribution in [1.29, 1.82) is 0 Å². The first-order valence-electron chi connectivity index (χ1n) is 8.47. The number of benzene rings is 2. The molecular formula is C20H20FN3OS. The minimum absolute atomic E-state index is 0.209. The Morgan fingerprint density at radius 3 is 2.50 bits per heavy atom. The highest BCUT2D eigenvalue weighted by atomic mass is 32.1. The van der Waals surface area contributed by atoms with E-state index in [0.29, 0.717) is 24.2 Å². The largest absolute Gasteiger partial charge is 0.508 e. The molecule has 0 bridgehead atoms. The molecule has 0 spiro atoms. The number of nitrogens with zero attached hydrogens (tertiary/aromatic N) is 3. The predicted molar refractivity (Wildman–Crippen MR) is 104 cm³/mol. The number of phenols is 1. The van der Waals surface area contributed by atoms with Crippen LogP contribution in [0.15, 0.2) is 64.0 Å². The van der Waals surface area contributed by atoms with Gasteiger partial charge in [0.2, 0.25) is 4.80 Å². The highest BCUT2D eigenvalue weighted by Crippen LogP contribution is 2.23. The summed E-state index contributed by atoms with van der Waals surface area (Å²) in [6, 6.07) is 13.6. The number of thiazole rings is 1. The van der Waals surface area contributed by atoms with Crippen LogP contribution >= 0.6 is 11.3 Å². The van der Waals surface area contributed by atoms with Gasteiger partial charge in [-0.1, -0.05) is 19.1 Å². The Morgan fingerprint density at radius 1 is 1.12 bits per heavy atom. The molecule has 4 nitrogen and oxygen atoms in total. The minimum Gasteiger partial charge on any atom is -0.508 e. The highest BCUT2D eigenvalue weighted by Gasteiger charge is 2.13. The Kier molecular flexibility index (Phi) is 5.63. The van der Waals surface area contributed by atoms with E-state index in [0.717, 1.165) is 16.1 Å². The van der Waals surface area contributed by atoms with E-state index in [9.17, 15) is 9.50 Å². The number of aromatic nitrogens is 1. The summed E-state index contributed by atoms with van der Waals surface area (Å²) in [6.45, 7) is 4.59. The lowest BCUT2D eigenvalue weighted by molar-refractivity contribution is 0.475. The zero-order valence-electron chi connectivity index (χ0n) is 14.7. The molecule has 0 aliphatic carbocycles. The summed E-state index contributed by atoms with van der Waals surface area (Å²) >= 11 is 1.44. The number of rotatable bonds is 5. The van der Waals surface area contributed by atoms with Crippen molar-refractivity contribution in [2.24, 2.45) is 10.1 Å². The standard InChI is InChI=1S/C20H20FN3OS/c1-3-18(14-9-11-15(25)12-10-14)23-24-19(13-26-20(24)22-4-2)16-7-5-6-8-17(16)21/h5-13,25H,3-4H2,1-2H3. The van der Waals surface area contributed by atoms with Crippen LogP contribution in [0.1, 0.15) is 25.8 Å². The molecule has 134 valence electrons. The number of hydrogen-bond acceptors (Lipinski definition) is 4. The first-order chi connectivity index (χ1) is 12.6. The van der Waals surface area contributed by atoms with Gasteiger partial charge in [-0.15, -0.1) is 11.3 Å². The molecule has 1 heterocycles. The van der Waals surface area contributed by atoms with Crippen molar-refractivity contribution in [1.82, 2.24) is 4.68 Å². The molecule has 0 saturated heterocycles. The number of hydrogen-bond donors (Lipinski definition) is 1. The van der Waals surface area contributed by atoms with Crippen molar-refractivity contribution in [3.05, 3.63) is 70.1 Å². The molecule has 0 unspecified atom stereocenters. The van der Waals surface area contributed by atoms with Crippen molar-refractivity contribution in [3.8, 4) is 17.0 Å². The maximum atomic E-state index is 14.3. The topological polar surface area (TPSA) is 49.9 Å². The van der Waals surface area contributed by atoms with Gasteiger partial charge >= 0.3 is 0 Å². The summed E-state index contributed by atoms with van der Waals surface area (Å²) in [5.74, 6) is -0.0823. The molecule has 3 rings (SSSR count). The third kappa shape index (κ3) is 3.75. The van der Waals surface area contributed by atoms with Crippen LogP contribution in [-0.4, -0.2) is 22.0 Å². The lowest BCUT2D eigenvalue weighted by Crippen LogP contribution is -2.15. The van der Waals surface area contributed by atoms with Crippen LogP contribution in [0.25, 0.3) is 11.3 Å². The molecule has 1 aromatic heterocycles. The summed E-state index contributed by atoms with van der Waals surface area (Å²) in [5.41, 5.74) is 2.90. The second-order valence-corrected chi connectivity index (χ2v) is 6.45. The molecule has 0 fully saturated rings. The second-order valence-electron chi connectivity index (χ2n) is 5.62. The molecule has 0 atom stereocenters. The van der Waals surface area contributed by atoms with Crippen LogP contribution in [0.2, 0.25) is 0 Å². The molecule has 2 aromatic carbocycles. The fraction of sp³-hybridized carbons (Fsp3) is 0.200. The molecule has 3 aromatic rings. The molecule has 0 aliphatic rings. The van der Waals surface area contributed by atoms with E-state index in [1.165, 1.54) is 17.4 Å². The van der Waals surface area contributed by atoms with E-state index in [1.807, 2.05) is 37.4 Å². The van der Waals surface area contributed by atoms with Crippen LogP contribution < -0.4 is 4.80 Å². The van der Waals surface area contributed by atoms with Crippen LogP contribution in [0.4, 0.5) is 4.39 Å². The number of halogens is 1. The summed E-state index contributed by atoms with van der Waals surface area (Å²) in [5, 5.41) is 16.2. The van der Waals surface area contributed by atoms with Crippen molar-refractivity contribution in [2.45, 2.75) is 20.3 Å². The molecule has 0 saturated carbocycles. The van der Waals surface area contributed by atoms with Crippen LogP contribution in [-0.2, 0) is 0 Å². The number of phenolic OH excluding ortho intramolecular Hbond substituents is 1. The van der Waals surface area contributed by atoms with Crippen molar-refractivity contribution >= 4 is 17.0 Å². The Balaban J connectivity index is 2.19. The van der Waals surface area contributed by atoms with Crippen LogP contribution in [0, 0.1) is 5.82 Å². The fourth-order valence-electron chi connectivity index (χ4n) is 2.60. The second kappa shape index (κ2) is 8.10. The van der Waals surface area contributed by atoms with Gasteiger partial charge in [0.15, 0.2) is 0 Å². The van der Waals surface area contributed by atoms with Gasteiger partial charge in [0.25, 0.3) is 0 Å². The fourth-order valence-corrected chi connectivity index (χ4v) is 3.49. The van der Waals surface area contributed by atoms with E-state index in [2.05, 4.69) is 4.99 Å². The Labute approximate surface area is 155 Å². The summed E-state index contributed by atoms with van der Waals surface area (Å²) < 4.78 is 16.0. The highest BCUT2D eigenvalue weighted by molar-refractivity contribution is 7.07. The zero-order chi connectivity index (χ0) is 18.5. The van der Waals surface area contributed by atoms with Gasteiger partial charge in [-0.05, 0) is 55.3 Å². The first-order valence-corrected chi connectivity index (χ1v) is 9.35. The van der Waals surface area contributed by atoms with E-state index in [-0.39, 0.29) is 11.6 Å². The van der Waals surface area contributed by atoms with Gasteiger partial charge in [-0.2, -0.15) is 5.10 Å². The molecule has 26 heavy (non-hydrogen) atoms. The Morgan fingerprint density at radius 2 is 1.85 bits per heavy atom. The first kappa shape index (κ1) is 18.1. The summed E-state index contributed by atoms with van der Waals surface area (Å²) in [6.07, 6.45) is 0.690.